The Bertz CT molecular complexity index is 1110. The quantitative estimate of drug-likeness (QED) is 0.628. The van der Waals surface area contributed by atoms with Gasteiger partial charge in [0, 0.05) is 24.1 Å². The van der Waals surface area contributed by atoms with Crippen LogP contribution in [-0.2, 0) is 19.1 Å². The number of imide groups is 1. The van der Waals surface area contributed by atoms with Gasteiger partial charge in [-0.15, -0.1) is 11.3 Å². The minimum Gasteiger partial charge on any atom is -0.464 e. The Morgan fingerprint density at radius 3 is 2.62 bits per heavy atom. The van der Waals surface area contributed by atoms with Gasteiger partial charge in [0.05, 0.1) is 25.7 Å². The number of thiazole rings is 1. The molecular weight excluding hydrogens is 467 g/mol. The van der Waals surface area contributed by atoms with Gasteiger partial charge in [-0.3, -0.25) is 19.4 Å². The van der Waals surface area contributed by atoms with Crippen LogP contribution in [0.2, 0.25) is 0 Å². The van der Waals surface area contributed by atoms with Crippen LogP contribution in [0.5, 0.6) is 0 Å². The third-order valence-electron chi connectivity index (χ3n) is 5.92. The Kier molecular flexibility index (Phi) is 6.62. The number of urea groups is 1. The number of methoxy groups -OCH3 is 2. The van der Waals surface area contributed by atoms with E-state index in [-0.39, 0.29) is 35.3 Å². The molecule has 0 radical (unpaired) electrons. The molecule has 1 aromatic heterocycles. The Balaban J connectivity index is 1.52. The number of amides is 4. The largest absolute Gasteiger partial charge is 0.464 e. The summed E-state index contributed by atoms with van der Waals surface area (Å²) < 4.78 is 24.4. The van der Waals surface area contributed by atoms with Crippen LogP contribution in [0.3, 0.4) is 0 Å². The Hall–Kier alpha value is -3.38. The fourth-order valence-corrected chi connectivity index (χ4v) is 5.10. The molecule has 1 aliphatic carbocycles. The first-order chi connectivity index (χ1) is 16.2. The second-order valence-corrected chi connectivity index (χ2v) is 8.84. The van der Waals surface area contributed by atoms with Crippen molar-refractivity contribution in [1.29, 1.82) is 0 Å². The number of ether oxygens (including phenoxy) is 2. The first-order valence-corrected chi connectivity index (χ1v) is 11.4. The summed E-state index contributed by atoms with van der Waals surface area (Å²) in [5, 5.41) is 4.40. The van der Waals surface area contributed by atoms with Crippen molar-refractivity contribution in [2.45, 2.75) is 44.0 Å². The van der Waals surface area contributed by atoms with Gasteiger partial charge in [-0.25, -0.2) is 19.0 Å². The molecule has 4 unspecified atom stereocenters. The summed E-state index contributed by atoms with van der Waals surface area (Å²) >= 11 is 1.09. The second kappa shape index (κ2) is 9.47. The van der Waals surface area contributed by atoms with E-state index >= 15 is 0 Å². The van der Waals surface area contributed by atoms with Crippen LogP contribution in [0.15, 0.2) is 41.1 Å². The van der Waals surface area contributed by atoms with Crippen molar-refractivity contribution in [3.05, 3.63) is 46.8 Å². The molecular formula is C22H23FN4O6S. The lowest BCUT2D eigenvalue weighted by Crippen LogP contribution is -2.60. The van der Waals surface area contributed by atoms with Crippen LogP contribution in [0.4, 0.5) is 14.3 Å². The molecule has 0 bridgehead atoms. The zero-order valence-electron chi connectivity index (χ0n) is 18.7. The summed E-state index contributed by atoms with van der Waals surface area (Å²) in [4.78, 5) is 57.3. The number of anilines is 1. The van der Waals surface area contributed by atoms with Gasteiger partial charge < -0.3 is 14.8 Å². The first-order valence-electron chi connectivity index (χ1n) is 10.5. The third-order valence-corrected chi connectivity index (χ3v) is 6.76. The minimum absolute atomic E-state index is 0.0668. The lowest BCUT2D eigenvalue weighted by Gasteiger charge is -2.34. The standard InChI is InChI=1S/C22H23FN4O6S/c1-11-8-17(19(29)26(11)22-25-16(10-34-22)20(30)33-3)27-18(28)9-15(24-21(27)31)13-6-4-12(32-2)5-7-14(13)23/h4-7,10-12,15,17H,8-9H2,1-3H3,(H,24,31). The third kappa shape index (κ3) is 4.26. The molecule has 4 amide bonds. The molecule has 2 aliphatic heterocycles. The highest BCUT2D eigenvalue weighted by atomic mass is 32.1. The van der Waals surface area contributed by atoms with E-state index in [1.54, 1.807) is 13.0 Å². The van der Waals surface area contributed by atoms with Crippen LogP contribution in [0.25, 0.3) is 0 Å². The van der Waals surface area contributed by atoms with Gasteiger partial charge in [-0.05, 0) is 25.5 Å². The summed E-state index contributed by atoms with van der Waals surface area (Å²) in [6.45, 7) is 1.77. The molecule has 4 rings (SSSR count). The molecule has 2 fully saturated rings. The molecule has 1 N–H and O–H groups in total. The number of aromatic nitrogens is 1. The maximum absolute atomic E-state index is 14.6. The van der Waals surface area contributed by atoms with Crippen LogP contribution in [-0.4, -0.2) is 72.1 Å². The van der Waals surface area contributed by atoms with E-state index in [4.69, 9.17) is 4.74 Å². The van der Waals surface area contributed by atoms with Crippen molar-refractivity contribution in [2.24, 2.45) is 0 Å². The average molecular weight is 491 g/mol. The van der Waals surface area contributed by atoms with E-state index in [1.807, 2.05) is 0 Å². The molecule has 12 heteroatoms. The minimum atomic E-state index is -1.03. The lowest BCUT2D eigenvalue weighted by molar-refractivity contribution is -0.136. The smallest absolute Gasteiger partial charge is 0.357 e. The number of halogens is 1. The molecule has 3 heterocycles. The first kappa shape index (κ1) is 23.8. The lowest BCUT2D eigenvalue weighted by atomic mass is 9.98. The summed E-state index contributed by atoms with van der Waals surface area (Å²) in [7, 11) is 2.71. The highest BCUT2D eigenvalue weighted by molar-refractivity contribution is 7.14. The van der Waals surface area contributed by atoms with Crippen LogP contribution < -0.4 is 10.2 Å². The van der Waals surface area contributed by atoms with E-state index < -0.39 is 47.8 Å². The molecule has 2 saturated heterocycles. The van der Waals surface area contributed by atoms with Gasteiger partial charge in [0.2, 0.25) is 5.91 Å². The fraction of sp³-hybridized carbons (Fsp3) is 0.409. The molecule has 0 saturated carbocycles. The summed E-state index contributed by atoms with van der Waals surface area (Å²) in [5.74, 6) is -2.27. The van der Waals surface area contributed by atoms with E-state index in [0.29, 0.717) is 0 Å². The normalized spacial score (nSPS) is 27.4. The van der Waals surface area contributed by atoms with E-state index in [2.05, 4.69) is 15.0 Å². The predicted molar refractivity (Wildman–Crippen MR) is 120 cm³/mol. The van der Waals surface area contributed by atoms with Crippen molar-refractivity contribution in [2.75, 3.05) is 19.1 Å². The molecule has 180 valence electrons. The number of carbonyl (C=O) groups excluding carboxylic acids is 4. The Morgan fingerprint density at radius 1 is 1.21 bits per heavy atom. The highest BCUT2D eigenvalue weighted by Crippen LogP contribution is 2.33. The monoisotopic (exact) mass is 490 g/mol. The van der Waals surface area contributed by atoms with Crippen molar-refractivity contribution < 1.29 is 33.0 Å². The molecule has 34 heavy (non-hydrogen) atoms. The molecule has 3 aliphatic rings. The number of esters is 1. The number of hydrogen-bond donors (Lipinski definition) is 1. The van der Waals surface area contributed by atoms with Gasteiger partial charge in [-0.2, -0.15) is 0 Å². The van der Waals surface area contributed by atoms with Crippen LogP contribution in [0, 0.1) is 0 Å². The molecule has 0 aromatic carbocycles. The van der Waals surface area contributed by atoms with Gasteiger partial charge in [0.1, 0.15) is 11.9 Å². The number of nitrogens with one attached hydrogen (secondary N) is 1. The number of rotatable bonds is 5. The zero-order chi connectivity index (χ0) is 24.6. The molecule has 4 atom stereocenters. The predicted octanol–water partition coefficient (Wildman–Crippen LogP) is 2.10. The van der Waals surface area contributed by atoms with Crippen molar-refractivity contribution in [1.82, 2.24) is 15.2 Å². The van der Waals surface area contributed by atoms with Gasteiger partial charge >= 0.3 is 12.0 Å². The highest BCUT2D eigenvalue weighted by Gasteiger charge is 2.48. The van der Waals surface area contributed by atoms with Crippen molar-refractivity contribution in [3.63, 3.8) is 0 Å². The molecule has 1 aromatic rings. The summed E-state index contributed by atoms with van der Waals surface area (Å²) in [5.41, 5.74) is 0.222. The van der Waals surface area contributed by atoms with Crippen molar-refractivity contribution in [3.8, 4) is 0 Å². The number of hydrogen-bond acceptors (Lipinski definition) is 8. The van der Waals surface area contributed by atoms with E-state index in [1.165, 1.54) is 42.7 Å². The topological polar surface area (TPSA) is 118 Å². The average Bonchev–Trinajstić information content (AvgIpc) is 3.33. The Labute approximate surface area is 198 Å². The Morgan fingerprint density at radius 2 is 1.94 bits per heavy atom. The van der Waals surface area contributed by atoms with E-state index in [9.17, 15) is 23.6 Å². The summed E-state index contributed by atoms with van der Waals surface area (Å²) in [6.07, 6.45) is 5.44. The number of carbonyl (C=O) groups is 4. The van der Waals surface area contributed by atoms with Crippen LogP contribution >= 0.6 is 11.3 Å². The van der Waals surface area contributed by atoms with Crippen molar-refractivity contribution >= 4 is 40.3 Å². The molecule has 10 nitrogen and oxygen atoms in total. The second-order valence-electron chi connectivity index (χ2n) is 8.01. The van der Waals surface area contributed by atoms with Crippen LogP contribution in [0.1, 0.15) is 30.3 Å². The maximum Gasteiger partial charge on any atom is 0.357 e. The fourth-order valence-electron chi connectivity index (χ4n) is 4.20. The van der Waals surface area contributed by atoms with Gasteiger partial charge in [0.25, 0.3) is 5.91 Å². The maximum atomic E-state index is 14.6. The van der Waals surface area contributed by atoms with Gasteiger partial charge in [-0.1, -0.05) is 12.2 Å². The number of allylic oxidation sites excluding steroid dienone is 2. The molecule has 0 spiro atoms. The van der Waals surface area contributed by atoms with Gasteiger partial charge in [0.15, 0.2) is 10.8 Å². The number of nitrogens with zero attached hydrogens (tertiary/aromatic N) is 3. The SMILES string of the molecule is COC(=O)c1csc(N2C(=O)C(N3C(=O)CC(C4=C(F)C=CC(OC)C=C4)NC3=O)CC2C)n1. The zero-order valence-corrected chi connectivity index (χ0v) is 19.5. The summed E-state index contributed by atoms with van der Waals surface area (Å²) in [6, 6.07) is -3.05. The van der Waals surface area contributed by atoms with E-state index in [0.717, 1.165) is 16.2 Å².